The van der Waals surface area contributed by atoms with Crippen LogP contribution in [0.4, 0.5) is 10.2 Å². The number of carbonyl (C=O) groups is 1. The van der Waals surface area contributed by atoms with Crippen LogP contribution in [0.1, 0.15) is 123 Å². The zero-order valence-electron chi connectivity index (χ0n) is 39.6. The first-order valence-corrected chi connectivity index (χ1v) is 24.8. The van der Waals surface area contributed by atoms with Gasteiger partial charge in [0.2, 0.25) is 0 Å². The molecular formula is C52H69FN4O6Si. The highest BCUT2D eigenvalue weighted by atomic mass is 28.4. The number of aryl methyl sites for hydroxylation is 1. The molecule has 12 heteroatoms. The van der Waals surface area contributed by atoms with Crippen LogP contribution in [0.5, 0.6) is 5.75 Å². The number of ether oxygens (including phenoxy) is 3. The van der Waals surface area contributed by atoms with Crippen molar-refractivity contribution in [1.29, 1.82) is 0 Å². The van der Waals surface area contributed by atoms with Gasteiger partial charge in [-0.1, -0.05) is 93.6 Å². The third-order valence-electron chi connectivity index (χ3n) is 12.1. The second-order valence-electron chi connectivity index (χ2n) is 19.4. The molecule has 5 aromatic rings. The molecule has 0 aliphatic carbocycles. The van der Waals surface area contributed by atoms with Crippen molar-refractivity contribution in [3.8, 4) is 5.75 Å². The Kier molecular flexibility index (Phi) is 15.6. The van der Waals surface area contributed by atoms with E-state index in [0.717, 1.165) is 44.0 Å². The van der Waals surface area contributed by atoms with Gasteiger partial charge in [-0.25, -0.2) is 14.2 Å². The minimum absolute atomic E-state index is 0.0715. The van der Waals surface area contributed by atoms with E-state index in [1.165, 1.54) is 16.4 Å². The molecule has 1 fully saturated rings. The number of nitrogens with zero attached hydrogens (tertiary/aromatic N) is 4. The molecular weight excluding hydrogens is 824 g/mol. The molecule has 1 saturated heterocycles. The highest BCUT2D eigenvalue weighted by Gasteiger charge is 2.51. The molecule has 2 atom stereocenters. The number of rotatable bonds is 18. The van der Waals surface area contributed by atoms with Gasteiger partial charge in [0.25, 0.3) is 8.32 Å². The van der Waals surface area contributed by atoms with E-state index in [0.29, 0.717) is 54.3 Å². The number of aromatic hydroxyl groups is 1. The van der Waals surface area contributed by atoms with Crippen molar-refractivity contribution in [2.24, 2.45) is 0 Å². The summed E-state index contributed by atoms with van der Waals surface area (Å²) in [7, 11) is -2.63. The molecule has 0 amide bonds. The molecule has 0 radical (unpaired) electrons. The van der Waals surface area contributed by atoms with Gasteiger partial charge in [-0.15, -0.1) is 0 Å². The van der Waals surface area contributed by atoms with E-state index in [9.17, 15) is 14.3 Å². The Morgan fingerprint density at radius 3 is 2.17 bits per heavy atom. The van der Waals surface area contributed by atoms with Gasteiger partial charge in [0, 0.05) is 43.6 Å². The Labute approximate surface area is 380 Å². The average Bonchev–Trinajstić information content (AvgIpc) is 3.64. The predicted molar refractivity (Wildman–Crippen MR) is 257 cm³/mol. The molecule has 0 bridgehead atoms. The van der Waals surface area contributed by atoms with E-state index in [1.807, 2.05) is 45.9 Å². The van der Waals surface area contributed by atoms with Gasteiger partial charge >= 0.3 is 5.97 Å². The van der Waals surface area contributed by atoms with E-state index in [4.69, 9.17) is 28.7 Å². The summed E-state index contributed by atoms with van der Waals surface area (Å²) in [4.78, 5) is 20.9. The van der Waals surface area contributed by atoms with Gasteiger partial charge in [-0.3, -0.25) is 0 Å². The molecule has 2 aromatic heterocycles. The van der Waals surface area contributed by atoms with Crippen molar-refractivity contribution >= 4 is 42.2 Å². The van der Waals surface area contributed by atoms with Gasteiger partial charge < -0.3 is 28.6 Å². The van der Waals surface area contributed by atoms with E-state index in [2.05, 4.69) is 100 Å². The SMILES string of the molecule is CCOC(=O)[C@@H](OC(C)(C)C)c1c(C)nc2cc(C=CCc3ccc(F)cc3O)nn2c1N1CCC(C)(OCCCC[C@@H](C)O[Si](c2ccccc2)(c2ccccc2)C(C)(C)C)CC1. The zero-order valence-corrected chi connectivity index (χ0v) is 40.6. The van der Waals surface area contributed by atoms with Gasteiger partial charge in [0.15, 0.2) is 11.8 Å². The number of allylic oxidation sites excluding steroid dienone is 1. The summed E-state index contributed by atoms with van der Waals surface area (Å²) in [5.41, 5.74) is 2.14. The highest BCUT2D eigenvalue weighted by Crippen LogP contribution is 2.40. The molecule has 3 heterocycles. The molecule has 3 aromatic carbocycles. The van der Waals surface area contributed by atoms with Crippen LogP contribution in [0.3, 0.4) is 0 Å². The van der Waals surface area contributed by atoms with Crippen molar-refractivity contribution < 1.29 is 32.9 Å². The Hall–Kier alpha value is -4.88. The van der Waals surface area contributed by atoms with Crippen LogP contribution in [0.25, 0.3) is 11.7 Å². The Morgan fingerprint density at radius 2 is 1.59 bits per heavy atom. The van der Waals surface area contributed by atoms with Crippen molar-refractivity contribution in [3.05, 3.63) is 119 Å². The van der Waals surface area contributed by atoms with Crippen LogP contribution in [0.15, 0.2) is 91.0 Å². The first-order chi connectivity index (χ1) is 30.3. The zero-order chi connectivity index (χ0) is 46.3. The van der Waals surface area contributed by atoms with Crippen molar-refractivity contribution in [1.82, 2.24) is 14.6 Å². The number of hydrogen-bond acceptors (Lipinski definition) is 9. The molecule has 1 aliphatic rings. The first kappa shape index (κ1) is 48.6. The molecule has 10 nitrogen and oxygen atoms in total. The second-order valence-corrected chi connectivity index (χ2v) is 23.6. The number of piperidine rings is 1. The average molecular weight is 893 g/mol. The standard InChI is InChI=1S/C52H69FN4O6Si/c1-11-60-49(59)47(62-50(4,5)6)46-38(3)54-45-36-41(23-20-22-39-28-29-40(53)35-44(39)58)55-57(45)48(46)56-32-30-52(10,31-33-56)61-34-19-18-21-37(2)63-64(51(7,8)9,42-24-14-12-15-25-42)43-26-16-13-17-27-43/h12-17,20,23-29,35-37,47,58H,11,18-19,21-22,30-34H2,1-10H3/t37-,47+/m1/s1. The number of carbonyl (C=O) groups excluding carboxylic acids is 1. The molecule has 0 spiro atoms. The Bertz CT molecular complexity index is 2310. The quantitative estimate of drug-likeness (QED) is 0.0523. The van der Waals surface area contributed by atoms with Crippen LogP contribution in [0, 0.1) is 12.7 Å². The molecule has 6 rings (SSSR count). The second kappa shape index (κ2) is 20.5. The van der Waals surface area contributed by atoms with E-state index >= 15 is 0 Å². The summed E-state index contributed by atoms with van der Waals surface area (Å²) in [6, 6.07) is 27.5. The number of aromatic nitrogens is 3. The highest BCUT2D eigenvalue weighted by molar-refractivity contribution is 6.99. The van der Waals surface area contributed by atoms with Crippen LogP contribution in [-0.4, -0.2) is 77.6 Å². The fourth-order valence-corrected chi connectivity index (χ4v) is 13.6. The van der Waals surface area contributed by atoms with Crippen LogP contribution >= 0.6 is 0 Å². The lowest BCUT2D eigenvalue weighted by Crippen LogP contribution is -2.67. The predicted octanol–water partition coefficient (Wildman–Crippen LogP) is 10.1. The van der Waals surface area contributed by atoms with E-state index in [1.54, 1.807) is 17.5 Å². The van der Waals surface area contributed by atoms with E-state index in [-0.39, 0.29) is 29.1 Å². The minimum Gasteiger partial charge on any atom is -0.508 e. The molecule has 0 saturated carbocycles. The van der Waals surface area contributed by atoms with Crippen LogP contribution in [0.2, 0.25) is 5.04 Å². The van der Waals surface area contributed by atoms with Crippen LogP contribution in [-0.2, 0) is 29.9 Å². The third-order valence-corrected chi connectivity index (χ3v) is 17.3. The summed E-state index contributed by atoms with van der Waals surface area (Å²) in [5.74, 6) is -0.334. The number of unbranched alkanes of at least 4 members (excludes halogenated alkanes) is 1. The van der Waals surface area contributed by atoms with Crippen LogP contribution < -0.4 is 15.3 Å². The number of fused-ring (bicyclic) bond motifs is 1. The smallest absolute Gasteiger partial charge is 0.340 e. The fraction of sp³-hybridized carbons (Fsp3) is 0.481. The maximum atomic E-state index is 13.7. The molecule has 344 valence electrons. The Balaban J connectivity index is 1.16. The maximum absolute atomic E-state index is 13.7. The van der Waals surface area contributed by atoms with Crippen molar-refractivity contribution in [2.75, 3.05) is 31.2 Å². The summed E-state index contributed by atoms with van der Waals surface area (Å²) in [6.45, 7) is 23.0. The summed E-state index contributed by atoms with van der Waals surface area (Å²) < 4.78 is 41.5. The number of halogens is 1. The maximum Gasteiger partial charge on any atom is 0.340 e. The number of esters is 1. The lowest BCUT2D eigenvalue weighted by atomic mass is 9.92. The molecule has 1 N–H and O–H groups in total. The molecule has 1 aliphatic heterocycles. The number of phenols is 1. The van der Waals surface area contributed by atoms with Crippen molar-refractivity contribution in [2.45, 2.75) is 136 Å². The largest absolute Gasteiger partial charge is 0.508 e. The summed E-state index contributed by atoms with van der Waals surface area (Å²) in [5, 5.41) is 17.7. The number of anilines is 1. The normalized spacial score (nSPS) is 15.8. The van der Waals surface area contributed by atoms with Crippen molar-refractivity contribution in [3.63, 3.8) is 0 Å². The monoisotopic (exact) mass is 892 g/mol. The lowest BCUT2D eigenvalue weighted by Gasteiger charge is -2.44. The summed E-state index contributed by atoms with van der Waals surface area (Å²) >= 11 is 0. The van der Waals surface area contributed by atoms with Gasteiger partial charge in [-0.05, 0) is 120 Å². The van der Waals surface area contributed by atoms with Gasteiger partial charge in [0.1, 0.15) is 17.4 Å². The number of benzene rings is 3. The minimum atomic E-state index is -2.63. The lowest BCUT2D eigenvalue weighted by molar-refractivity contribution is -0.166. The molecule has 0 unspecified atom stereocenters. The Morgan fingerprint density at radius 1 is 0.953 bits per heavy atom. The molecule has 64 heavy (non-hydrogen) atoms. The first-order valence-electron chi connectivity index (χ1n) is 22.9. The fourth-order valence-electron chi connectivity index (χ4n) is 8.88. The van der Waals surface area contributed by atoms with Gasteiger partial charge in [-0.2, -0.15) is 9.61 Å². The van der Waals surface area contributed by atoms with E-state index < -0.39 is 31.8 Å². The third kappa shape index (κ3) is 11.5. The number of phenolic OH excluding ortho intramolecular Hbond substituents is 1. The van der Waals surface area contributed by atoms with Gasteiger partial charge in [0.05, 0.1) is 29.1 Å². The number of hydrogen-bond donors (Lipinski definition) is 1. The summed E-state index contributed by atoms with van der Waals surface area (Å²) in [6.07, 6.45) is 7.53. The topological polar surface area (TPSA) is 108 Å².